The van der Waals surface area contributed by atoms with Crippen molar-refractivity contribution in [3.8, 4) is 5.75 Å². The van der Waals surface area contributed by atoms with Crippen molar-refractivity contribution in [3.05, 3.63) is 70.3 Å². The predicted octanol–water partition coefficient (Wildman–Crippen LogP) is 5.88. The van der Waals surface area contributed by atoms with Crippen molar-refractivity contribution in [2.45, 2.75) is 76.1 Å². The number of fused-ring (bicyclic) bond motifs is 4. The second kappa shape index (κ2) is 11.8. The highest BCUT2D eigenvalue weighted by molar-refractivity contribution is 7.90. The van der Waals surface area contributed by atoms with Crippen molar-refractivity contribution < 1.29 is 23.1 Å². The van der Waals surface area contributed by atoms with Crippen LogP contribution in [0.1, 0.15) is 74.4 Å². The van der Waals surface area contributed by atoms with Crippen LogP contribution in [0.4, 0.5) is 5.69 Å². The van der Waals surface area contributed by atoms with Crippen molar-refractivity contribution in [2.24, 2.45) is 23.7 Å². The fourth-order valence-corrected chi connectivity index (χ4v) is 9.87. The summed E-state index contributed by atoms with van der Waals surface area (Å²) in [6.07, 6.45) is 8.51. The fourth-order valence-electron chi connectivity index (χ4n) is 7.89. The molecule has 2 aromatic carbocycles. The van der Waals surface area contributed by atoms with Crippen molar-refractivity contribution in [1.29, 1.82) is 0 Å². The molecule has 2 aliphatic carbocycles. The predicted molar refractivity (Wildman–Crippen MR) is 170 cm³/mol. The molecular weight excluding hydrogens is 584 g/mol. The number of carbonyl (C=O) groups excluding carboxylic acids is 1. The van der Waals surface area contributed by atoms with Crippen LogP contribution in [-0.4, -0.2) is 50.5 Å². The summed E-state index contributed by atoms with van der Waals surface area (Å²) in [4.78, 5) is 15.8. The van der Waals surface area contributed by atoms with Gasteiger partial charge in [0.25, 0.3) is 5.91 Å². The first kappa shape index (κ1) is 30.5. The van der Waals surface area contributed by atoms with Gasteiger partial charge < -0.3 is 14.7 Å². The lowest BCUT2D eigenvalue weighted by atomic mass is 9.68. The van der Waals surface area contributed by atoms with Gasteiger partial charge >= 0.3 is 0 Å². The summed E-state index contributed by atoms with van der Waals surface area (Å²) in [6, 6.07) is 11.4. The topological polar surface area (TPSA) is 95.9 Å². The third kappa shape index (κ3) is 5.71. The van der Waals surface area contributed by atoms with Crippen LogP contribution in [-0.2, 0) is 21.9 Å². The quantitative estimate of drug-likeness (QED) is 0.384. The Morgan fingerprint density at radius 2 is 1.95 bits per heavy atom. The molecule has 2 aromatic rings. The zero-order valence-corrected chi connectivity index (χ0v) is 26.8. The Kier molecular flexibility index (Phi) is 8.33. The molecule has 1 fully saturated rings. The molecule has 1 amide bonds. The first-order chi connectivity index (χ1) is 20.5. The van der Waals surface area contributed by atoms with Gasteiger partial charge in [0.05, 0.1) is 23.6 Å². The molecule has 2 aliphatic heterocycles. The largest absolute Gasteiger partial charge is 0.490 e. The highest BCUT2D eigenvalue weighted by Gasteiger charge is 2.44. The van der Waals surface area contributed by atoms with Crippen LogP contribution in [0.15, 0.2) is 48.6 Å². The van der Waals surface area contributed by atoms with Gasteiger partial charge in [-0.3, -0.25) is 4.79 Å². The number of nitrogens with zero attached hydrogens (tertiary/aromatic N) is 1. The minimum atomic E-state index is -3.96. The number of hydrogen-bond donors (Lipinski definition) is 2. The van der Waals surface area contributed by atoms with E-state index >= 15 is 0 Å². The molecule has 7 nitrogen and oxygen atoms in total. The second-order valence-electron chi connectivity index (χ2n) is 13.3. The fraction of sp³-hybridized carbons (Fsp3) is 0.559. The maximum atomic E-state index is 13.5. The summed E-state index contributed by atoms with van der Waals surface area (Å²) >= 11 is 6.40. The van der Waals surface area contributed by atoms with Crippen LogP contribution < -0.4 is 14.4 Å². The average molecular weight is 627 g/mol. The Labute approximate surface area is 260 Å². The minimum absolute atomic E-state index is 0.0916. The molecule has 9 heteroatoms. The molecular formula is C34H43ClN2O5S. The number of hydrogen-bond acceptors (Lipinski definition) is 6. The Morgan fingerprint density at radius 3 is 2.70 bits per heavy atom. The number of anilines is 1. The van der Waals surface area contributed by atoms with E-state index in [1.807, 2.05) is 39.0 Å². The van der Waals surface area contributed by atoms with Gasteiger partial charge in [-0.15, -0.1) is 0 Å². The molecule has 0 saturated heterocycles. The second-order valence-corrected chi connectivity index (χ2v) is 15.6. The van der Waals surface area contributed by atoms with Crippen LogP contribution in [0, 0.1) is 23.7 Å². The monoisotopic (exact) mass is 626 g/mol. The number of sulfonamides is 1. The Bertz CT molecular complexity index is 1530. The molecule has 232 valence electrons. The van der Waals surface area contributed by atoms with Crippen LogP contribution in [0.2, 0.25) is 5.02 Å². The zero-order valence-electron chi connectivity index (χ0n) is 25.3. The number of allylic oxidation sites excluding steroid dienone is 1. The van der Waals surface area contributed by atoms with E-state index in [-0.39, 0.29) is 34.7 Å². The van der Waals surface area contributed by atoms with Gasteiger partial charge in [0.2, 0.25) is 10.0 Å². The zero-order chi connectivity index (χ0) is 30.5. The molecule has 6 rings (SSSR count). The molecule has 1 saturated carbocycles. The number of carbonyl (C=O) groups is 1. The first-order valence-electron chi connectivity index (χ1n) is 15.7. The smallest absolute Gasteiger partial charge is 0.264 e. The molecule has 0 radical (unpaired) electrons. The molecule has 0 aromatic heterocycles. The number of halogens is 1. The number of aryl methyl sites for hydroxylation is 1. The van der Waals surface area contributed by atoms with Gasteiger partial charge in [0.15, 0.2) is 0 Å². The normalized spacial score (nSPS) is 34.5. The summed E-state index contributed by atoms with van der Waals surface area (Å²) in [5, 5.41) is 11.3. The van der Waals surface area contributed by atoms with E-state index in [1.165, 1.54) is 11.1 Å². The summed E-state index contributed by atoms with van der Waals surface area (Å²) in [5.74, 6) is 0.110. The Hall–Kier alpha value is -2.55. The van der Waals surface area contributed by atoms with Crippen molar-refractivity contribution in [3.63, 3.8) is 0 Å². The van der Waals surface area contributed by atoms with Gasteiger partial charge in [0.1, 0.15) is 5.75 Å². The molecule has 2 N–H and O–H groups in total. The summed E-state index contributed by atoms with van der Waals surface area (Å²) in [5.41, 5.74) is 3.33. The Morgan fingerprint density at radius 1 is 1.14 bits per heavy atom. The van der Waals surface area contributed by atoms with E-state index in [1.54, 1.807) is 18.2 Å². The van der Waals surface area contributed by atoms with E-state index in [0.29, 0.717) is 31.9 Å². The maximum absolute atomic E-state index is 13.5. The van der Waals surface area contributed by atoms with Crippen LogP contribution in [0.25, 0.3) is 0 Å². The first-order valence-corrected chi connectivity index (χ1v) is 17.7. The van der Waals surface area contributed by atoms with Crippen LogP contribution >= 0.6 is 11.6 Å². The van der Waals surface area contributed by atoms with Gasteiger partial charge in [-0.1, -0.05) is 50.6 Å². The molecule has 7 atom stereocenters. The SMILES string of the molecule is CC[C@@H]1[C@@H](C)[C@@H](C)/C=C\[C@H](O)[C@@H]2CC[C@H]2CN2C[C@@]3(CCCc4cc(Cl)ccc43)COc3ccc(cc32)C(=O)NS1(=O)=O. The number of benzene rings is 2. The number of nitrogens with one attached hydrogen (secondary N) is 1. The number of amides is 1. The summed E-state index contributed by atoms with van der Waals surface area (Å²) in [7, 11) is -3.96. The molecule has 4 aliphatic rings. The molecule has 0 unspecified atom stereocenters. The summed E-state index contributed by atoms with van der Waals surface area (Å²) < 4.78 is 35.9. The third-order valence-corrected chi connectivity index (χ3v) is 13.0. The third-order valence-electron chi connectivity index (χ3n) is 10.7. The number of ether oxygens (including phenoxy) is 1. The van der Waals surface area contributed by atoms with E-state index in [9.17, 15) is 18.3 Å². The lowest BCUT2D eigenvalue weighted by Crippen LogP contribution is -2.49. The van der Waals surface area contributed by atoms with E-state index in [4.69, 9.17) is 16.3 Å². The molecule has 2 heterocycles. The van der Waals surface area contributed by atoms with Crippen molar-refractivity contribution in [1.82, 2.24) is 4.72 Å². The standard InChI is InChI=1S/C34H43ClN2O5S/c1-4-32-22(3)21(2)7-13-30(38)27-11-8-25(27)18-37-19-34(15-5-6-23-16-26(35)10-12-28(23)34)20-42-31-14-9-24(17-29(31)37)33(39)36-43(32,40)41/h7,9-10,12-14,16-17,21-22,25,27,30,32,38H,4-6,8,11,15,18-20H2,1-3H3,(H,36,39)/b13-7-/t21-,22-,25-,27+,30-,32+,34-/m0/s1. The molecule has 1 spiro atoms. The van der Waals surface area contributed by atoms with E-state index in [0.717, 1.165) is 42.8 Å². The van der Waals surface area contributed by atoms with E-state index < -0.39 is 27.3 Å². The summed E-state index contributed by atoms with van der Waals surface area (Å²) in [6.45, 7) is 7.62. The highest BCUT2D eigenvalue weighted by atomic mass is 35.5. The maximum Gasteiger partial charge on any atom is 0.264 e. The van der Waals surface area contributed by atoms with Gasteiger partial charge in [-0.25, -0.2) is 13.1 Å². The van der Waals surface area contributed by atoms with Gasteiger partial charge in [0, 0.05) is 29.1 Å². The molecule has 43 heavy (non-hydrogen) atoms. The Balaban J connectivity index is 1.43. The van der Waals surface area contributed by atoms with Crippen LogP contribution in [0.3, 0.4) is 0 Å². The lowest BCUT2D eigenvalue weighted by Gasteiger charge is -2.45. The van der Waals surface area contributed by atoms with Gasteiger partial charge in [-0.2, -0.15) is 0 Å². The van der Waals surface area contributed by atoms with E-state index in [2.05, 4.69) is 21.8 Å². The lowest BCUT2D eigenvalue weighted by molar-refractivity contribution is 0.0453. The minimum Gasteiger partial charge on any atom is -0.490 e. The molecule has 2 bridgehead atoms. The number of aliphatic hydroxyl groups is 1. The van der Waals surface area contributed by atoms with Crippen LogP contribution in [0.5, 0.6) is 5.75 Å². The highest BCUT2D eigenvalue weighted by Crippen LogP contribution is 2.47. The van der Waals surface area contributed by atoms with Crippen molar-refractivity contribution in [2.75, 3.05) is 24.6 Å². The van der Waals surface area contributed by atoms with Gasteiger partial charge in [-0.05, 0) is 104 Å². The average Bonchev–Trinajstić information content (AvgIpc) is 3.10. The number of rotatable bonds is 1. The number of aliphatic hydroxyl groups excluding tert-OH is 1. The van der Waals surface area contributed by atoms with Crippen molar-refractivity contribution >= 4 is 33.2 Å².